The topological polar surface area (TPSA) is 84.9 Å². The summed E-state index contributed by atoms with van der Waals surface area (Å²) in [7, 11) is 1.28. The van der Waals surface area contributed by atoms with Gasteiger partial charge in [-0.3, -0.25) is 0 Å². The zero-order valence-electron chi connectivity index (χ0n) is 11.9. The fourth-order valence-corrected chi connectivity index (χ4v) is 2.23. The first-order chi connectivity index (χ1) is 8.73. The lowest BCUT2D eigenvalue weighted by Gasteiger charge is -2.25. The fourth-order valence-electron chi connectivity index (χ4n) is 2.23. The van der Waals surface area contributed by atoms with Gasteiger partial charge in [0.25, 0.3) is 0 Å². The Labute approximate surface area is 113 Å². The number of aliphatic hydroxyl groups excluding tert-OH is 1. The summed E-state index contributed by atoms with van der Waals surface area (Å²) in [6.45, 7) is 5.25. The molecule has 1 amide bonds. The third kappa shape index (κ3) is 5.06. The minimum atomic E-state index is -0.767. The van der Waals surface area contributed by atoms with Crippen LogP contribution in [-0.4, -0.2) is 42.0 Å². The number of carbonyl (C=O) groups excluding carboxylic acids is 2. The number of hydrogen-bond donors (Lipinski definition) is 2. The van der Waals surface area contributed by atoms with Crippen molar-refractivity contribution in [2.24, 2.45) is 5.92 Å². The van der Waals surface area contributed by atoms with Crippen LogP contribution in [0.4, 0.5) is 4.79 Å². The summed E-state index contributed by atoms with van der Waals surface area (Å²) in [6, 6.07) is -0.767. The Hall–Kier alpha value is -1.30. The first kappa shape index (κ1) is 15.8. The van der Waals surface area contributed by atoms with E-state index in [2.05, 4.69) is 5.32 Å². The number of hydrogen-bond acceptors (Lipinski definition) is 5. The van der Waals surface area contributed by atoms with Crippen molar-refractivity contribution in [2.75, 3.05) is 7.11 Å². The van der Waals surface area contributed by atoms with Crippen LogP contribution >= 0.6 is 0 Å². The molecule has 0 aromatic heterocycles. The van der Waals surface area contributed by atoms with Crippen LogP contribution in [0.5, 0.6) is 0 Å². The molecule has 6 heteroatoms. The Bertz CT molecular complexity index is 336. The molecule has 0 saturated heterocycles. The third-order valence-electron chi connectivity index (χ3n) is 3.04. The molecule has 0 bridgehead atoms. The van der Waals surface area contributed by atoms with E-state index in [-0.39, 0.29) is 5.92 Å². The second-order valence-corrected chi connectivity index (χ2v) is 5.87. The standard InChI is InChI=1S/C13H23NO5/c1-13(2,3)19-12(17)14-10(11(16)18-4)8-5-6-9(15)7-8/h8-10,15H,5-7H2,1-4H3,(H,14,17)/t8-,9+,10-/m0/s1. The molecule has 2 N–H and O–H groups in total. The van der Waals surface area contributed by atoms with Gasteiger partial charge in [0.1, 0.15) is 11.6 Å². The van der Waals surface area contributed by atoms with Gasteiger partial charge < -0.3 is 19.9 Å². The lowest BCUT2D eigenvalue weighted by Crippen LogP contribution is -2.47. The number of carbonyl (C=O) groups is 2. The quantitative estimate of drug-likeness (QED) is 0.755. The van der Waals surface area contributed by atoms with E-state index in [4.69, 9.17) is 9.47 Å². The van der Waals surface area contributed by atoms with Crippen molar-refractivity contribution in [1.82, 2.24) is 5.32 Å². The van der Waals surface area contributed by atoms with Gasteiger partial charge in [0.05, 0.1) is 13.2 Å². The Balaban J connectivity index is 2.65. The Kier molecular flexibility index (Phi) is 5.17. The van der Waals surface area contributed by atoms with E-state index >= 15 is 0 Å². The molecule has 1 saturated carbocycles. The van der Waals surface area contributed by atoms with Crippen molar-refractivity contribution in [3.8, 4) is 0 Å². The third-order valence-corrected chi connectivity index (χ3v) is 3.04. The number of amides is 1. The highest BCUT2D eigenvalue weighted by atomic mass is 16.6. The number of rotatable bonds is 3. The van der Waals surface area contributed by atoms with Gasteiger partial charge in [-0.1, -0.05) is 0 Å². The average Bonchev–Trinajstić information content (AvgIpc) is 2.69. The van der Waals surface area contributed by atoms with Gasteiger partial charge in [-0.25, -0.2) is 9.59 Å². The van der Waals surface area contributed by atoms with E-state index in [1.54, 1.807) is 20.8 Å². The number of esters is 1. The molecule has 0 radical (unpaired) electrons. The van der Waals surface area contributed by atoms with Gasteiger partial charge in [0.15, 0.2) is 0 Å². The van der Waals surface area contributed by atoms with Crippen molar-refractivity contribution >= 4 is 12.1 Å². The summed E-state index contributed by atoms with van der Waals surface area (Å²) in [5, 5.41) is 12.1. The van der Waals surface area contributed by atoms with Crippen molar-refractivity contribution < 1.29 is 24.2 Å². The molecule has 0 aromatic rings. The van der Waals surface area contributed by atoms with Crippen LogP contribution in [0.15, 0.2) is 0 Å². The SMILES string of the molecule is COC(=O)[C@@H](NC(=O)OC(C)(C)C)[C@H]1CC[C@@H](O)C1. The molecule has 1 fully saturated rings. The van der Waals surface area contributed by atoms with Gasteiger partial charge in [0.2, 0.25) is 0 Å². The monoisotopic (exact) mass is 273 g/mol. The van der Waals surface area contributed by atoms with Crippen molar-refractivity contribution in [3.63, 3.8) is 0 Å². The number of methoxy groups -OCH3 is 1. The second kappa shape index (κ2) is 6.23. The summed E-state index contributed by atoms with van der Waals surface area (Å²) in [5.41, 5.74) is -0.625. The highest BCUT2D eigenvalue weighted by molar-refractivity contribution is 5.81. The van der Waals surface area contributed by atoms with Crippen molar-refractivity contribution in [3.05, 3.63) is 0 Å². The molecule has 1 rings (SSSR count). The molecule has 110 valence electrons. The van der Waals surface area contributed by atoms with E-state index in [1.807, 2.05) is 0 Å². The first-order valence-electron chi connectivity index (χ1n) is 6.48. The Morgan fingerprint density at radius 1 is 1.32 bits per heavy atom. The van der Waals surface area contributed by atoms with Crippen LogP contribution in [0.1, 0.15) is 40.0 Å². The molecule has 1 aliphatic carbocycles. The zero-order valence-corrected chi connectivity index (χ0v) is 11.9. The summed E-state index contributed by atoms with van der Waals surface area (Å²) in [5.74, 6) is -0.625. The lowest BCUT2D eigenvalue weighted by atomic mass is 9.98. The van der Waals surface area contributed by atoms with E-state index in [0.29, 0.717) is 19.3 Å². The smallest absolute Gasteiger partial charge is 0.408 e. The molecule has 0 aromatic carbocycles. The van der Waals surface area contributed by atoms with Crippen LogP contribution in [0.25, 0.3) is 0 Å². The minimum absolute atomic E-state index is 0.116. The van der Waals surface area contributed by atoms with Crippen LogP contribution in [-0.2, 0) is 14.3 Å². The largest absolute Gasteiger partial charge is 0.467 e. The number of alkyl carbamates (subject to hydrolysis) is 1. The molecule has 0 spiro atoms. The van der Waals surface area contributed by atoms with Crippen LogP contribution < -0.4 is 5.32 Å². The lowest BCUT2D eigenvalue weighted by molar-refractivity contribution is -0.144. The van der Waals surface area contributed by atoms with E-state index in [9.17, 15) is 14.7 Å². The maximum absolute atomic E-state index is 11.7. The average molecular weight is 273 g/mol. The summed E-state index contributed by atoms with van der Waals surface area (Å²) >= 11 is 0. The number of aliphatic hydroxyl groups is 1. The predicted octanol–water partition coefficient (Wildman–Crippen LogP) is 1.21. The highest BCUT2D eigenvalue weighted by Gasteiger charge is 2.36. The maximum atomic E-state index is 11.7. The molecule has 1 aliphatic rings. The summed E-state index contributed by atoms with van der Waals surface area (Å²) in [4.78, 5) is 23.5. The second-order valence-electron chi connectivity index (χ2n) is 5.87. The molecule has 3 atom stereocenters. The number of nitrogens with one attached hydrogen (secondary N) is 1. The molecule has 0 heterocycles. The maximum Gasteiger partial charge on any atom is 0.408 e. The van der Waals surface area contributed by atoms with E-state index in [0.717, 1.165) is 0 Å². The van der Waals surface area contributed by atoms with Gasteiger partial charge in [0, 0.05) is 0 Å². The molecule has 6 nitrogen and oxygen atoms in total. The van der Waals surface area contributed by atoms with E-state index < -0.39 is 29.8 Å². The predicted molar refractivity (Wildman–Crippen MR) is 68.5 cm³/mol. The molecular weight excluding hydrogens is 250 g/mol. The molecular formula is C13H23NO5. The summed E-state index contributed by atoms with van der Waals surface area (Å²) in [6.07, 6.45) is 0.724. The minimum Gasteiger partial charge on any atom is -0.467 e. The van der Waals surface area contributed by atoms with E-state index in [1.165, 1.54) is 7.11 Å². The Morgan fingerprint density at radius 2 is 1.95 bits per heavy atom. The molecule has 0 aliphatic heterocycles. The highest BCUT2D eigenvalue weighted by Crippen LogP contribution is 2.29. The van der Waals surface area contributed by atoms with Crippen LogP contribution in [0.2, 0.25) is 0 Å². The van der Waals surface area contributed by atoms with Gasteiger partial charge in [-0.15, -0.1) is 0 Å². The van der Waals surface area contributed by atoms with Gasteiger partial charge in [-0.05, 0) is 46.0 Å². The van der Waals surface area contributed by atoms with Gasteiger partial charge >= 0.3 is 12.1 Å². The van der Waals surface area contributed by atoms with Gasteiger partial charge in [-0.2, -0.15) is 0 Å². The Morgan fingerprint density at radius 3 is 2.37 bits per heavy atom. The number of ether oxygens (including phenoxy) is 2. The van der Waals surface area contributed by atoms with Crippen LogP contribution in [0.3, 0.4) is 0 Å². The van der Waals surface area contributed by atoms with Crippen molar-refractivity contribution in [1.29, 1.82) is 0 Å². The van der Waals surface area contributed by atoms with Crippen LogP contribution in [0, 0.1) is 5.92 Å². The first-order valence-corrected chi connectivity index (χ1v) is 6.48. The molecule has 19 heavy (non-hydrogen) atoms. The van der Waals surface area contributed by atoms with Crippen molar-refractivity contribution in [2.45, 2.75) is 57.8 Å². The molecule has 0 unspecified atom stereocenters. The summed E-state index contributed by atoms with van der Waals surface area (Å²) < 4.78 is 9.83. The fraction of sp³-hybridized carbons (Fsp3) is 0.846. The normalized spacial score (nSPS) is 24.7. The zero-order chi connectivity index (χ0) is 14.6.